The van der Waals surface area contributed by atoms with Gasteiger partial charge >= 0.3 is 6.09 Å². The molecular weight excluding hydrogens is 534 g/mol. The summed E-state index contributed by atoms with van der Waals surface area (Å²) in [7, 11) is 1.26. The number of anilines is 2. The van der Waals surface area contributed by atoms with Crippen LogP contribution in [0.1, 0.15) is 22.7 Å². The fraction of sp³-hybridized carbons (Fsp3) is 0.143. The SMILES string of the molecule is COC(=O)Nc1cccc(NC(=O)[C@@H]2c3ccccc3CCN2C(=O)/C=C/c2cc(Cl)ccc2-n2cnnn2)c1. The summed E-state index contributed by atoms with van der Waals surface area (Å²) in [6.07, 6.45) is 4.46. The zero-order valence-electron chi connectivity index (χ0n) is 21.3. The van der Waals surface area contributed by atoms with E-state index in [2.05, 4.69) is 30.9 Å². The third kappa shape index (κ3) is 5.84. The second-order valence-electron chi connectivity index (χ2n) is 8.86. The molecule has 0 radical (unpaired) electrons. The van der Waals surface area contributed by atoms with Crippen molar-refractivity contribution in [3.8, 4) is 5.69 Å². The van der Waals surface area contributed by atoms with Crippen molar-refractivity contribution in [1.29, 1.82) is 0 Å². The number of hydrogen-bond donors (Lipinski definition) is 2. The van der Waals surface area contributed by atoms with Crippen molar-refractivity contribution in [2.24, 2.45) is 0 Å². The van der Waals surface area contributed by atoms with Gasteiger partial charge < -0.3 is 15.0 Å². The maximum absolute atomic E-state index is 13.7. The average molecular weight is 558 g/mol. The van der Waals surface area contributed by atoms with E-state index in [0.29, 0.717) is 40.6 Å². The van der Waals surface area contributed by atoms with Crippen molar-refractivity contribution in [2.45, 2.75) is 12.5 Å². The number of carbonyl (C=O) groups is 3. The number of hydrogen-bond acceptors (Lipinski definition) is 7. The van der Waals surface area contributed by atoms with E-state index in [-0.39, 0.29) is 11.8 Å². The lowest BCUT2D eigenvalue weighted by Crippen LogP contribution is -2.44. The summed E-state index contributed by atoms with van der Waals surface area (Å²) in [5.41, 5.74) is 3.90. The van der Waals surface area contributed by atoms with E-state index in [1.165, 1.54) is 29.1 Å². The molecular formula is C28H24ClN7O4. The Morgan fingerprint density at radius 3 is 2.60 bits per heavy atom. The number of carbonyl (C=O) groups excluding carboxylic acids is 3. The molecule has 3 aromatic carbocycles. The molecule has 2 N–H and O–H groups in total. The van der Waals surface area contributed by atoms with Crippen LogP contribution in [-0.2, 0) is 20.7 Å². The Bertz CT molecular complexity index is 1590. The summed E-state index contributed by atoms with van der Waals surface area (Å²) in [6, 6.07) is 18.5. The summed E-state index contributed by atoms with van der Waals surface area (Å²) in [6.45, 7) is 0.345. The maximum Gasteiger partial charge on any atom is 0.411 e. The molecule has 0 saturated heterocycles. The monoisotopic (exact) mass is 557 g/mol. The molecule has 0 aliphatic carbocycles. The molecule has 0 spiro atoms. The zero-order valence-corrected chi connectivity index (χ0v) is 22.1. The first-order chi connectivity index (χ1) is 19.4. The number of ether oxygens (including phenoxy) is 1. The first-order valence-electron chi connectivity index (χ1n) is 12.3. The highest BCUT2D eigenvalue weighted by Crippen LogP contribution is 2.32. The summed E-state index contributed by atoms with van der Waals surface area (Å²) in [5, 5.41) is 17.2. The molecule has 1 aliphatic heterocycles. The Hall–Kier alpha value is -5.03. The van der Waals surface area contributed by atoms with Gasteiger partial charge in [-0.15, -0.1) is 5.10 Å². The molecule has 11 nitrogen and oxygen atoms in total. The molecule has 0 saturated carbocycles. The normalized spacial score (nSPS) is 14.4. The molecule has 1 aliphatic rings. The topological polar surface area (TPSA) is 131 Å². The highest BCUT2D eigenvalue weighted by molar-refractivity contribution is 6.30. The number of tetrazole rings is 1. The average Bonchev–Trinajstić information content (AvgIpc) is 3.50. The van der Waals surface area contributed by atoms with Gasteiger partial charge in [0.25, 0.3) is 5.91 Å². The van der Waals surface area contributed by atoms with Crippen LogP contribution in [0.4, 0.5) is 16.2 Å². The van der Waals surface area contributed by atoms with Gasteiger partial charge in [-0.1, -0.05) is 41.9 Å². The standard InChI is InChI=1S/C28H24ClN7O4/c1-40-28(39)32-22-7-4-6-21(16-22)31-27(38)26-23-8-3-2-5-18(23)13-14-35(26)25(37)12-9-19-15-20(29)10-11-24(19)36-17-30-33-34-36/h2-12,15-17,26H,13-14H2,1H3,(H,31,38)(H,32,39)/b12-9+/t26-/m0/s1. The molecule has 3 amide bonds. The van der Waals surface area contributed by atoms with E-state index in [1.807, 2.05) is 24.3 Å². The van der Waals surface area contributed by atoms with E-state index in [0.717, 1.165) is 11.1 Å². The van der Waals surface area contributed by atoms with Crippen molar-refractivity contribution >= 4 is 47.0 Å². The fourth-order valence-electron chi connectivity index (χ4n) is 4.54. The summed E-state index contributed by atoms with van der Waals surface area (Å²) >= 11 is 6.21. The predicted molar refractivity (Wildman–Crippen MR) is 149 cm³/mol. The molecule has 40 heavy (non-hydrogen) atoms. The van der Waals surface area contributed by atoms with Crippen LogP contribution in [0.3, 0.4) is 0 Å². The molecule has 1 atom stereocenters. The van der Waals surface area contributed by atoms with Crippen LogP contribution in [0.5, 0.6) is 0 Å². The zero-order chi connectivity index (χ0) is 28.1. The first kappa shape index (κ1) is 26.6. The van der Waals surface area contributed by atoms with Crippen LogP contribution in [0.2, 0.25) is 5.02 Å². The van der Waals surface area contributed by atoms with E-state index in [9.17, 15) is 14.4 Å². The number of rotatable bonds is 6. The van der Waals surface area contributed by atoms with Gasteiger partial charge in [0, 0.05) is 34.6 Å². The third-order valence-corrected chi connectivity index (χ3v) is 6.60. The number of nitrogens with one attached hydrogen (secondary N) is 2. The van der Waals surface area contributed by atoms with Gasteiger partial charge in [0.2, 0.25) is 5.91 Å². The second kappa shape index (κ2) is 11.8. The fourth-order valence-corrected chi connectivity index (χ4v) is 4.72. The summed E-state index contributed by atoms with van der Waals surface area (Å²) < 4.78 is 6.10. The Labute approximate surface area is 234 Å². The molecule has 12 heteroatoms. The minimum absolute atomic E-state index is 0.345. The number of benzene rings is 3. The number of methoxy groups -OCH3 is 1. The smallest absolute Gasteiger partial charge is 0.411 e. The number of fused-ring (bicyclic) bond motifs is 1. The Morgan fingerprint density at radius 1 is 1.02 bits per heavy atom. The largest absolute Gasteiger partial charge is 0.453 e. The lowest BCUT2D eigenvalue weighted by molar-refractivity contribution is -0.135. The minimum atomic E-state index is -0.877. The van der Waals surface area contributed by atoms with E-state index in [4.69, 9.17) is 11.6 Å². The maximum atomic E-state index is 13.7. The van der Waals surface area contributed by atoms with Crippen LogP contribution in [-0.4, -0.2) is 56.7 Å². The quantitative estimate of drug-likeness (QED) is 0.338. The van der Waals surface area contributed by atoms with Gasteiger partial charge in [-0.3, -0.25) is 14.9 Å². The Kier molecular flexibility index (Phi) is 7.83. The Morgan fingerprint density at radius 2 is 1.82 bits per heavy atom. The van der Waals surface area contributed by atoms with Gasteiger partial charge in [-0.05, 0) is 70.4 Å². The van der Waals surface area contributed by atoms with Gasteiger partial charge in [-0.25, -0.2) is 4.79 Å². The summed E-state index contributed by atoms with van der Waals surface area (Å²) in [5.74, 6) is -0.736. The van der Waals surface area contributed by atoms with Crippen molar-refractivity contribution in [3.63, 3.8) is 0 Å². The van der Waals surface area contributed by atoms with Gasteiger partial charge in [0.05, 0.1) is 12.8 Å². The molecule has 2 heterocycles. The molecule has 5 rings (SSSR count). The van der Waals surface area contributed by atoms with Crippen LogP contribution in [0, 0.1) is 0 Å². The van der Waals surface area contributed by atoms with Gasteiger partial charge in [0.15, 0.2) is 0 Å². The Balaban J connectivity index is 1.42. The lowest BCUT2D eigenvalue weighted by atomic mass is 9.91. The second-order valence-corrected chi connectivity index (χ2v) is 9.30. The number of nitrogens with zero attached hydrogens (tertiary/aromatic N) is 5. The van der Waals surface area contributed by atoms with Crippen LogP contribution >= 0.6 is 11.6 Å². The van der Waals surface area contributed by atoms with Gasteiger partial charge in [0.1, 0.15) is 12.4 Å². The molecule has 0 unspecified atom stereocenters. The predicted octanol–water partition coefficient (Wildman–Crippen LogP) is 4.27. The highest BCUT2D eigenvalue weighted by Gasteiger charge is 2.35. The number of halogens is 1. The lowest BCUT2D eigenvalue weighted by Gasteiger charge is -2.35. The van der Waals surface area contributed by atoms with Crippen molar-refractivity contribution < 1.29 is 19.1 Å². The minimum Gasteiger partial charge on any atom is -0.453 e. The first-order valence-corrected chi connectivity index (χ1v) is 12.7. The molecule has 0 fully saturated rings. The van der Waals surface area contributed by atoms with E-state index in [1.54, 1.807) is 48.5 Å². The summed E-state index contributed by atoms with van der Waals surface area (Å²) in [4.78, 5) is 40.4. The molecule has 0 bridgehead atoms. The van der Waals surface area contributed by atoms with Crippen molar-refractivity contribution in [1.82, 2.24) is 25.1 Å². The number of amides is 3. The van der Waals surface area contributed by atoms with Crippen LogP contribution in [0.25, 0.3) is 11.8 Å². The molecule has 4 aromatic rings. The van der Waals surface area contributed by atoms with Crippen molar-refractivity contribution in [2.75, 3.05) is 24.3 Å². The third-order valence-electron chi connectivity index (χ3n) is 6.37. The number of aromatic nitrogens is 4. The van der Waals surface area contributed by atoms with Gasteiger partial charge in [-0.2, -0.15) is 4.68 Å². The highest BCUT2D eigenvalue weighted by atomic mass is 35.5. The van der Waals surface area contributed by atoms with E-state index < -0.39 is 12.1 Å². The van der Waals surface area contributed by atoms with Crippen molar-refractivity contribution in [3.05, 3.63) is 101 Å². The molecule has 1 aromatic heterocycles. The van der Waals surface area contributed by atoms with E-state index >= 15 is 0 Å². The van der Waals surface area contributed by atoms with Crippen LogP contribution < -0.4 is 10.6 Å². The molecule has 202 valence electrons. The van der Waals surface area contributed by atoms with Crippen LogP contribution in [0.15, 0.2) is 79.1 Å².